The zero-order valence-corrected chi connectivity index (χ0v) is 13.7. The first-order chi connectivity index (χ1) is 11.9. The van der Waals surface area contributed by atoms with Crippen molar-refractivity contribution in [1.82, 2.24) is 14.7 Å². The quantitative estimate of drug-likeness (QED) is 0.888. The number of carboxylic acid groups (broad SMARTS) is 1. The molecule has 1 atom stereocenters. The zero-order chi connectivity index (χ0) is 18.0. The van der Waals surface area contributed by atoms with Crippen LogP contribution in [0.4, 0.5) is 4.39 Å². The molecule has 132 valence electrons. The largest absolute Gasteiger partial charge is 0.481 e. The molecule has 8 heteroatoms. The monoisotopic (exact) mass is 347 g/mol. The molecule has 0 saturated carbocycles. The Balaban J connectivity index is 1.76. The minimum Gasteiger partial charge on any atom is -0.481 e. The predicted octanol–water partition coefficient (Wildman–Crippen LogP) is 1.57. The summed E-state index contributed by atoms with van der Waals surface area (Å²) in [4.78, 5) is 25.7. The van der Waals surface area contributed by atoms with Gasteiger partial charge in [-0.05, 0) is 36.8 Å². The molecule has 1 aliphatic heterocycles. The van der Waals surface area contributed by atoms with Gasteiger partial charge < -0.3 is 14.7 Å². The van der Waals surface area contributed by atoms with Crippen molar-refractivity contribution in [1.29, 1.82) is 0 Å². The molecular formula is C17H18FN3O4. The van der Waals surface area contributed by atoms with Gasteiger partial charge in [0.25, 0.3) is 5.91 Å². The van der Waals surface area contributed by atoms with E-state index in [0.29, 0.717) is 18.7 Å². The lowest BCUT2D eigenvalue weighted by molar-refractivity contribution is -0.151. The van der Waals surface area contributed by atoms with Crippen molar-refractivity contribution < 1.29 is 23.8 Å². The fourth-order valence-corrected chi connectivity index (χ4v) is 3.01. The van der Waals surface area contributed by atoms with Crippen molar-refractivity contribution in [2.45, 2.75) is 6.42 Å². The van der Waals surface area contributed by atoms with Gasteiger partial charge >= 0.3 is 5.97 Å². The van der Waals surface area contributed by atoms with Gasteiger partial charge in [0.2, 0.25) is 0 Å². The predicted molar refractivity (Wildman–Crippen MR) is 86.0 cm³/mol. The van der Waals surface area contributed by atoms with Crippen LogP contribution in [0, 0.1) is 11.2 Å². The standard InChI is InChI=1S/C17H18FN3O4/c1-25-11-17(16(23)24)7-9-20(10-17)15(22)14-6-8-21(19-14)13-4-2-12(18)3-5-13/h2-6,8H,7,9-11H2,1H3,(H,23,24). The Hall–Kier alpha value is -2.74. The number of nitrogens with zero attached hydrogens (tertiary/aromatic N) is 3. The summed E-state index contributed by atoms with van der Waals surface area (Å²) in [6.07, 6.45) is 1.94. The normalized spacial score (nSPS) is 20.0. The lowest BCUT2D eigenvalue weighted by Crippen LogP contribution is -2.40. The van der Waals surface area contributed by atoms with Crippen LogP contribution in [0.5, 0.6) is 0 Å². The first-order valence-corrected chi connectivity index (χ1v) is 7.78. The van der Waals surface area contributed by atoms with Crippen LogP contribution in [-0.2, 0) is 9.53 Å². The van der Waals surface area contributed by atoms with Crippen LogP contribution in [0.25, 0.3) is 5.69 Å². The number of benzene rings is 1. The molecular weight excluding hydrogens is 329 g/mol. The summed E-state index contributed by atoms with van der Waals surface area (Å²) in [6, 6.07) is 7.29. The molecule has 3 rings (SSSR count). The van der Waals surface area contributed by atoms with Crippen LogP contribution in [0.15, 0.2) is 36.5 Å². The van der Waals surface area contributed by atoms with Gasteiger partial charge in [0.15, 0.2) is 5.69 Å². The van der Waals surface area contributed by atoms with Crippen LogP contribution in [-0.4, -0.2) is 58.5 Å². The number of hydrogen-bond acceptors (Lipinski definition) is 4. The summed E-state index contributed by atoms with van der Waals surface area (Å²) < 4.78 is 19.5. The molecule has 2 aromatic rings. The van der Waals surface area contributed by atoms with E-state index < -0.39 is 11.4 Å². The summed E-state index contributed by atoms with van der Waals surface area (Å²) in [6.45, 7) is 0.465. The van der Waals surface area contributed by atoms with Gasteiger partial charge in [0.1, 0.15) is 11.2 Å². The smallest absolute Gasteiger partial charge is 0.313 e. The maximum atomic E-state index is 13.0. The lowest BCUT2D eigenvalue weighted by atomic mass is 9.88. The van der Waals surface area contributed by atoms with Gasteiger partial charge in [0.05, 0.1) is 12.3 Å². The van der Waals surface area contributed by atoms with E-state index in [1.807, 2.05) is 0 Å². The molecule has 7 nitrogen and oxygen atoms in total. The van der Waals surface area contributed by atoms with Crippen molar-refractivity contribution in [3.05, 3.63) is 48.0 Å². The van der Waals surface area contributed by atoms with Crippen molar-refractivity contribution in [2.24, 2.45) is 5.41 Å². The molecule has 1 aliphatic rings. The number of likely N-dealkylation sites (tertiary alicyclic amines) is 1. The van der Waals surface area contributed by atoms with Crippen molar-refractivity contribution >= 4 is 11.9 Å². The Morgan fingerprint density at radius 1 is 1.32 bits per heavy atom. The SMILES string of the molecule is COCC1(C(=O)O)CCN(C(=O)c2ccn(-c3ccc(F)cc3)n2)C1. The highest BCUT2D eigenvalue weighted by Crippen LogP contribution is 2.32. The molecule has 2 heterocycles. The molecule has 1 aromatic heterocycles. The first kappa shape index (κ1) is 17.1. The number of ether oxygens (including phenoxy) is 1. The second-order valence-corrected chi connectivity index (χ2v) is 6.12. The second kappa shape index (κ2) is 6.64. The molecule has 1 aromatic carbocycles. The first-order valence-electron chi connectivity index (χ1n) is 7.78. The highest BCUT2D eigenvalue weighted by atomic mass is 19.1. The molecule has 25 heavy (non-hydrogen) atoms. The van der Waals surface area contributed by atoms with Crippen molar-refractivity contribution in [3.8, 4) is 5.69 Å². The van der Waals surface area contributed by atoms with E-state index in [1.165, 1.54) is 28.8 Å². The van der Waals surface area contributed by atoms with Crippen LogP contribution < -0.4 is 0 Å². The Kier molecular flexibility index (Phi) is 4.54. The third-order valence-electron chi connectivity index (χ3n) is 4.41. The Morgan fingerprint density at radius 3 is 2.68 bits per heavy atom. The van der Waals surface area contributed by atoms with Gasteiger partial charge in [-0.3, -0.25) is 9.59 Å². The van der Waals surface area contributed by atoms with E-state index >= 15 is 0 Å². The number of hydrogen-bond donors (Lipinski definition) is 1. The van der Waals surface area contributed by atoms with E-state index in [2.05, 4.69) is 5.10 Å². The highest BCUT2D eigenvalue weighted by molar-refractivity contribution is 5.93. The average molecular weight is 347 g/mol. The number of carbonyl (C=O) groups excluding carboxylic acids is 1. The van der Waals surface area contributed by atoms with Crippen LogP contribution in [0.1, 0.15) is 16.9 Å². The number of methoxy groups -OCH3 is 1. The van der Waals surface area contributed by atoms with Crippen LogP contribution in [0.3, 0.4) is 0 Å². The van der Waals surface area contributed by atoms with Crippen molar-refractivity contribution in [2.75, 3.05) is 26.8 Å². The third-order valence-corrected chi connectivity index (χ3v) is 4.41. The average Bonchev–Trinajstić information content (AvgIpc) is 3.23. The van der Waals surface area contributed by atoms with E-state index in [-0.39, 0.29) is 30.6 Å². The maximum absolute atomic E-state index is 13.0. The fraction of sp³-hybridized carbons (Fsp3) is 0.353. The number of aromatic nitrogens is 2. The zero-order valence-electron chi connectivity index (χ0n) is 13.7. The summed E-state index contributed by atoms with van der Waals surface area (Å²) in [5.41, 5.74) is -0.242. The third kappa shape index (κ3) is 3.25. The summed E-state index contributed by atoms with van der Waals surface area (Å²) in [5, 5.41) is 13.7. The van der Waals surface area contributed by atoms with Gasteiger partial charge in [0, 0.05) is 26.4 Å². The molecule has 1 amide bonds. The number of carbonyl (C=O) groups is 2. The number of rotatable bonds is 5. The number of amides is 1. The van der Waals surface area contributed by atoms with Crippen LogP contribution in [0.2, 0.25) is 0 Å². The molecule has 1 saturated heterocycles. The summed E-state index contributed by atoms with van der Waals surface area (Å²) in [5.74, 6) is -1.66. The van der Waals surface area contributed by atoms with E-state index in [0.717, 1.165) is 0 Å². The Bertz CT molecular complexity index is 789. The van der Waals surface area contributed by atoms with Gasteiger partial charge in [-0.1, -0.05) is 0 Å². The number of carboxylic acids is 1. The Labute approximate surface area is 143 Å². The summed E-state index contributed by atoms with van der Waals surface area (Å²) in [7, 11) is 1.44. The van der Waals surface area contributed by atoms with Gasteiger partial charge in [-0.15, -0.1) is 0 Å². The van der Waals surface area contributed by atoms with Crippen molar-refractivity contribution in [3.63, 3.8) is 0 Å². The maximum Gasteiger partial charge on any atom is 0.313 e. The summed E-state index contributed by atoms with van der Waals surface area (Å²) >= 11 is 0. The Morgan fingerprint density at radius 2 is 2.04 bits per heavy atom. The number of halogens is 1. The van der Waals surface area contributed by atoms with E-state index in [9.17, 15) is 19.1 Å². The molecule has 1 unspecified atom stereocenters. The van der Waals surface area contributed by atoms with E-state index in [4.69, 9.17) is 4.74 Å². The molecule has 0 aliphatic carbocycles. The molecule has 1 N–H and O–H groups in total. The van der Waals surface area contributed by atoms with Crippen LogP contribution >= 0.6 is 0 Å². The number of aliphatic carboxylic acids is 1. The second-order valence-electron chi connectivity index (χ2n) is 6.12. The minimum atomic E-state index is -1.08. The lowest BCUT2D eigenvalue weighted by Gasteiger charge is -2.23. The molecule has 0 radical (unpaired) electrons. The molecule has 0 bridgehead atoms. The van der Waals surface area contributed by atoms with Gasteiger partial charge in [-0.25, -0.2) is 9.07 Å². The van der Waals surface area contributed by atoms with E-state index in [1.54, 1.807) is 24.4 Å². The fourth-order valence-electron chi connectivity index (χ4n) is 3.01. The molecule has 0 spiro atoms. The minimum absolute atomic E-state index is 0.0517. The highest BCUT2D eigenvalue weighted by Gasteiger charge is 2.46. The van der Waals surface area contributed by atoms with Gasteiger partial charge in [-0.2, -0.15) is 5.10 Å². The molecule has 1 fully saturated rings. The topological polar surface area (TPSA) is 84.7 Å².